The van der Waals surface area contributed by atoms with Crippen molar-refractivity contribution in [1.82, 2.24) is 5.32 Å². The van der Waals surface area contributed by atoms with Crippen LogP contribution in [0.3, 0.4) is 0 Å². The summed E-state index contributed by atoms with van der Waals surface area (Å²) in [5, 5.41) is 3.30. The summed E-state index contributed by atoms with van der Waals surface area (Å²) in [5.41, 5.74) is 3.32. The van der Waals surface area contributed by atoms with E-state index in [1.807, 2.05) is 18.2 Å². The van der Waals surface area contributed by atoms with Crippen LogP contribution in [0, 0.1) is 28.1 Å². The first kappa shape index (κ1) is 20.7. The molecule has 5 atom stereocenters. The number of hydrogen-bond donors (Lipinski definition) is 1. The SMILES string of the molecule is CC[C@@]1(C)CC=C2C(CCC3[C@](C)(C(=O)NCc4ccccc4)CCC[C@@]23C)C1. The van der Waals surface area contributed by atoms with E-state index < -0.39 is 0 Å². The molecule has 0 aromatic heterocycles. The van der Waals surface area contributed by atoms with Crippen molar-refractivity contribution in [1.29, 1.82) is 0 Å². The molecule has 2 fully saturated rings. The molecule has 0 radical (unpaired) electrons. The second kappa shape index (κ2) is 7.60. The smallest absolute Gasteiger partial charge is 0.226 e. The Bertz CT molecular complexity index is 783. The number of carbonyl (C=O) groups is 1. The molecule has 1 aromatic rings. The molecule has 3 aliphatic rings. The van der Waals surface area contributed by atoms with Crippen LogP contribution >= 0.6 is 0 Å². The van der Waals surface area contributed by atoms with Gasteiger partial charge in [0.1, 0.15) is 0 Å². The minimum absolute atomic E-state index is 0.203. The number of allylic oxidation sites excluding steroid dienone is 2. The molecule has 2 nitrogen and oxygen atoms in total. The van der Waals surface area contributed by atoms with E-state index in [0.717, 1.165) is 18.8 Å². The fourth-order valence-corrected chi connectivity index (χ4v) is 7.03. The van der Waals surface area contributed by atoms with Gasteiger partial charge in [0.25, 0.3) is 0 Å². The Kier molecular flexibility index (Phi) is 5.42. The summed E-state index contributed by atoms with van der Waals surface area (Å²) in [6, 6.07) is 10.3. The van der Waals surface area contributed by atoms with Crippen molar-refractivity contribution < 1.29 is 4.79 Å². The van der Waals surface area contributed by atoms with E-state index in [-0.39, 0.29) is 16.7 Å². The second-order valence-corrected chi connectivity index (χ2v) is 10.9. The molecule has 158 valence electrons. The van der Waals surface area contributed by atoms with Gasteiger partial charge in [0, 0.05) is 6.54 Å². The van der Waals surface area contributed by atoms with Gasteiger partial charge in [-0.1, -0.05) is 82.5 Å². The first-order chi connectivity index (χ1) is 13.8. The van der Waals surface area contributed by atoms with Crippen LogP contribution in [0.4, 0.5) is 0 Å². The first-order valence-electron chi connectivity index (χ1n) is 11.8. The van der Waals surface area contributed by atoms with Crippen LogP contribution in [-0.2, 0) is 11.3 Å². The van der Waals surface area contributed by atoms with Crippen molar-refractivity contribution in [2.75, 3.05) is 0 Å². The lowest BCUT2D eigenvalue weighted by atomic mass is 9.46. The molecule has 29 heavy (non-hydrogen) atoms. The van der Waals surface area contributed by atoms with Crippen molar-refractivity contribution in [2.45, 2.75) is 85.6 Å². The van der Waals surface area contributed by atoms with Gasteiger partial charge >= 0.3 is 0 Å². The fourth-order valence-electron chi connectivity index (χ4n) is 7.03. The van der Waals surface area contributed by atoms with E-state index in [1.54, 1.807) is 5.57 Å². The van der Waals surface area contributed by atoms with Gasteiger partial charge in [0.2, 0.25) is 5.91 Å². The monoisotopic (exact) mass is 393 g/mol. The molecule has 2 unspecified atom stereocenters. The molecule has 1 N–H and O–H groups in total. The Morgan fingerprint density at radius 3 is 2.59 bits per heavy atom. The standard InChI is InChI=1S/C27H39NO/c1-5-25(2)17-14-22-21(18-25)12-13-23-26(22,3)15-9-16-27(23,4)24(29)28-19-20-10-7-6-8-11-20/h6-8,10-11,14,21,23H,5,9,12-13,15-19H2,1-4H3,(H,28,29)/t21?,23?,25-,26-,27+/m0/s1. The second-order valence-electron chi connectivity index (χ2n) is 10.9. The van der Waals surface area contributed by atoms with Crippen molar-refractivity contribution in [3.05, 3.63) is 47.5 Å². The summed E-state index contributed by atoms with van der Waals surface area (Å²) in [7, 11) is 0. The lowest BCUT2D eigenvalue weighted by molar-refractivity contribution is -0.142. The predicted octanol–water partition coefficient (Wildman–Crippen LogP) is 6.66. The number of nitrogens with one attached hydrogen (secondary N) is 1. The van der Waals surface area contributed by atoms with Crippen LogP contribution in [0.15, 0.2) is 42.0 Å². The fraction of sp³-hybridized carbons (Fsp3) is 0.667. The summed E-state index contributed by atoms with van der Waals surface area (Å²) >= 11 is 0. The number of amides is 1. The van der Waals surface area contributed by atoms with Crippen LogP contribution in [0.25, 0.3) is 0 Å². The quantitative estimate of drug-likeness (QED) is 0.569. The van der Waals surface area contributed by atoms with Crippen molar-refractivity contribution in [3.63, 3.8) is 0 Å². The molecule has 0 spiro atoms. The topological polar surface area (TPSA) is 29.1 Å². The Balaban J connectivity index is 1.56. The number of fused-ring (bicyclic) bond motifs is 3. The highest BCUT2D eigenvalue weighted by Gasteiger charge is 2.57. The molecule has 0 aliphatic heterocycles. The summed E-state index contributed by atoms with van der Waals surface area (Å²) in [6.07, 6.45) is 12.4. The van der Waals surface area contributed by atoms with Crippen LogP contribution in [0.2, 0.25) is 0 Å². The van der Waals surface area contributed by atoms with Crippen molar-refractivity contribution in [2.24, 2.45) is 28.1 Å². The van der Waals surface area contributed by atoms with Gasteiger partial charge in [-0.15, -0.1) is 0 Å². The van der Waals surface area contributed by atoms with Gasteiger partial charge < -0.3 is 5.32 Å². The van der Waals surface area contributed by atoms with Gasteiger partial charge in [0.15, 0.2) is 0 Å². The van der Waals surface area contributed by atoms with E-state index in [1.165, 1.54) is 44.1 Å². The van der Waals surface area contributed by atoms with E-state index in [2.05, 4.69) is 51.2 Å². The minimum atomic E-state index is -0.251. The molecule has 4 rings (SSSR count). The molecular weight excluding hydrogens is 354 g/mol. The van der Waals surface area contributed by atoms with E-state index in [0.29, 0.717) is 17.9 Å². The molecule has 1 aromatic carbocycles. The average molecular weight is 394 g/mol. The molecule has 0 heterocycles. The maximum Gasteiger partial charge on any atom is 0.226 e. The summed E-state index contributed by atoms with van der Waals surface area (Å²) < 4.78 is 0. The van der Waals surface area contributed by atoms with Crippen LogP contribution < -0.4 is 5.32 Å². The lowest BCUT2D eigenvalue weighted by Gasteiger charge is -2.58. The minimum Gasteiger partial charge on any atom is -0.352 e. The highest BCUT2D eigenvalue weighted by molar-refractivity contribution is 5.83. The zero-order valence-electron chi connectivity index (χ0n) is 18.9. The van der Waals surface area contributed by atoms with Gasteiger partial charge in [-0.3, -0.25) is 4.79 Å². The van der Waals surface area contributed by atoms with Crippen molar-refractivity contribution in [3.8, 4) is 0 Å². The van der Waals surface area contributed by atoms with Crippen LogP contribution in [0.1, 0.15) is 84.6 Å². The normalized spacial score (nSPS) is 39.1. The van der Waals surface area contributed by atoms with Gasteiger partial charge in [-0.25, -0.2) is 0 Å². The molecule has 0 bridgehead atoms. The van der Waals surface area contributed by atoms with Gasteiger partial charge in [-0.2, -0.15) is 0 Å². The third kappa shape index (κ3) is 3.57. The number of hydrogen-bond acceptors (Lipinski definition) is 1. The number of carbonyl (C=O) groups excluding carboxylic acids is 1. The first-order valence-corrected chi connectivity index (χ1v) is 11.8. The number of benzene rings is 1. The summed E-state index contributed by atoms with van der Waals surface area (Å²) in [4.78, 5) is 13.5. The maximum absolute atomic E-state index is 13.5. The predicted molar refractivity (Wildman–Crippen MR) is 120 cm³/mol. The van der Waals surface area contributed by atoms with Gasteiger partial charge in [0.05, 0.1) is 5.41 Å². The largest absolute Gasteiger partial charge is 0.352 e. The summed E-state index contributed by atoms with van der Waals surface area (Å²) in [5.74, 6) is 1.48. The van der Waals surface area contributed by atoms with E-state index in [9.17, 15) is 4.79 Å². The molecular formula is C27H39NO. The maximum atomic E-state index is 13.5. The average Bonchev–Trinajstić information content (AvgIpc) is 2.72. The van der Waals surface area contributed by atoms with E-state index >= 15 is 0 Å². The highest BCUT2D eigenvalue weighted by Crippen LogP contribution is 2.63. The Hall–Kier alpha value is -1.57. The lowest BCUT2D eigenvalue weighted by Crippen LogP contribution is -2.55. The number of rotatable bonds is 4. The van der Waals surface area contributed by atoms with E-state index in [4.69, 9.17) is 0 Å². The Labute approximate surface area is 177 Å². The molecule has 0 saturated heterocycles. The van der Waals surface area contributed by atoms with Gasteiger partial charge in [-0.05, 0) is 66.8 Å². The summed E-state index contributed by atoms with van der Waals surface area (Å²) in [6.45, 7) is 10.2. The van der Waals surface area contributed by atoms with Crippen LogP contribution in [0.5, 0.6) is 0 Å². The molecule has 1 amide bonds. The third-order valence-electron chi connectivity index (χ3n) is 9.06. The molecule has 2 heteroatoms. The zero-order chi connectivity index (χ0) is 20.7. The zero-order valence-corrected chi connectivity index (χ0v) is 18.9. The Morgan fingerprint density at radius 2 is 1.86 bits per heavy atom. The third-order valence-corrected chi connectivity index (χ3v) is 9.06. The van der Waals surface area contributed by atoms with Crippen LogP contribution in [-0.4, -0.2) is 5.91 Å². The Morgan fingerprint density at radius 1 is 1.10 bits per heavy atom. The highest BCUT2D eigenvalue weighted by atomic mass is 16.2. The van der Waals surface area contributed by atoms with Crippen molar-refractivity contribution >= 4 is 5.91 Å². The molecule has 3 aliphatic carbocycles. The molecule has 2 saturated carbocycles.